The van der Waals surface area contributed by atoms with Crippen molar-refractivity contribution in [3.63, 3.8) is 0 Å². The van der Waals surface area contributed by atoms with Crippen LogP contribution < -0.4 is 5.32 Å². The first-order valence-corrected chi connectivity index (χ1v) is 7.92. The molecular weight excluding hydrogens is 276 g/mol. The number of aromatic nitrogens is 3. The number of fused-ring (bicyclic) bond motifs is 3. The van der Waals surface area contributed by atoms with E-state index in [1.54, 1.807) is 18.5 Å². The van der Waals surface area contributed by atoms with Crippen molar-refractivity contribution < 1.29 is 5.11 Å². The van der Waals surface area contributed by atoms with Crippen LogP contribution in [0.25, 0.3) is 21.9 Å². The molecule has 1 saturated carbocycles. The molecule has 0 unspecified atom stereocenters. The lowest BCUT2D eigenvalue weighted by molar-refractivity contribution is 0.361. The average molecular weight is 296 g/mol. The van der Waals surface area contributed by atoms with Gasteiger partial charge in [-0.1, -0.05) is 6.92 Å². The van der Waals surface area contributed by atoms with Crippen LogP contribution in [0.3, 0.4) is 0 Å². The standard InChI is InChI=1S/C17H20N4O/c1-10-2-4-11(5-3-10)20-16-15-13-8-12(22)6-7-14(13)21-17(15)19-9-18-16/h6-11,22H,2-5H2,1H3,(H2,18,19,20,21). The number of hydrogen-bond donors (Lipinski definition) is 3. The van der Waals surface area contributed by atoms with Crippen LogP contribution in [0.1, 0.15) is 32.6 Å². The van der Waals surface area contributed by atoms with E-state index >= 15 is 0 Å². The number of nitrogens with one attached hydrogen (secondary N) is 2. The van der Waals surface area contributed by atoms with Gasteiger partial charge in [-0.25, -0.2) is 9.97 Å². The summed E-state index contributed by atoms with van der Waals surface area (Å²) in [5, 5.41) is 15.3. The molecule has 1 aromatic carbocycles. The lowest BCUT2D eigenvalue weighted by Gasteiger charge is -2.27. The summed E-state index contributed by atoms with van der Waals surface area (Å²) in [6.07, 6.45) is 6.48. The molecule has 0 atom stereocenters. The number of benzene rings is 1. The molecule has 114 valence electrons. The Kier molecular flexibility index (Phi) is 3.13. The van der Waals surface area contributed by atoms with Gasteiger partial charge in [0.05, 0.1) is 5.39 Å². The first-order chi connectivity index (χ1) is 10.7. The van der Waals surface area contributed by atoms with Crippen molar-refractivity contribution >= 4 is 27.8 Å². The van der Waals surface area contributed by atoms with E-state index in [-0.39, 0.29) is 5.75 Å². The smallest absolute Gasteiger partial charge is 0.143 e. The van der Waals surface area contributed by atoms with Gasteiger partial charge in [0.1, 0.15) is 23.5 Å². The fourth-order valence-corrected chi connectivity index (χ4v) is 3.42. The second kappa shape index (κ2) is 5.16. The highest BCUT2D eigenvalue weighted by atomic mass is 16.3. The summed E-state index contributed by atoms with van der Waals surface area (Å²) in [6.45, 7) is 2.32. The van der Waals surface area contributed by atoms with Crippen LogP contribution in [-0.2, 0) is 0 Å². The molecule has 3 aromatic rings. The maximum atomic E-state index is 9.77. The highest BCUT2D eigenvalue weighted by molar-refractivity contribution is 6.11. The molecule has 5 nitrogen and oxygen atoms in total. The SMILES string of the molecule is CC1CCC(Nc2ncnc3[nH]c4ccc(O)cc4c23)CC1. The Morgan fingerprint density at radius 1 is 1.18 bits per heavy atom. The average Bonchev–Trinajstić information content (AvgIpc) is 2.88. The third-order valence-electron chi connectivity index (χ3n) is 4.73. The predicted molar refractivity (Wildman–Crippen MR) is 88.1 cm³/mol. The van der Waals surface area contributed by atoms with Crippen LogP contribution >= 0.6 is 0 Å². The summed E-state index contributed by atoms with van der Waals surface area (Å²) in [5.41, 5.74) is 1.77. The Morgan fingerprint density at radius 2 is 2.00 bits per heavy atom. The molecule has 5 heteroatoms. The normalized spacial score (nSPS) is 22.2. The highest BCUT2D eigenvalue weighted by Gasteiger charge is 2.20. The van der Waals surface area contributed by atoms with E-state index < -0.39 is 0 Å². The third kappa shape index (κ3) is 2.26. The maximum absolute atomic E-state index is 9.77. The van der Waals surface area contributed by atoms with Crippen LogP contribution in [0.2, 0.25) is 0 Å². The molecule has 3 N–H and O–H groups in total. The Morgan fingerprint density at radius 3 is 2.82 bits per heavy atom. The van der Waals surface area contributed by atoms with E-state index in [1.165, 1.54) is 25.7 Å². The predicted octanol–water partition coefficient (Wildman–Crippen LogP) is 3.81. The molecule has 0 amide bonds. The van der Waals surface area contributed by atoms with E-state index in [2.05, 4.69) is 27.2 Å². The molecule has 0 radical (unpaired) electrons. The lowest BCUT2D eigenvalue weighted by Crippen LogP contribution is -2.25. The monoisotopic (exact) mass is 296 g/mol. The zero-order valence-electron chi connectivity index (χ0n) is 12.6. The molecule has 4 rings (SSSR count). The number of rotatable bonds is 2. The molecule has 0 spiro atoms. The van der Waals surface area contributed by atoms with E-state index in [9.17, 15) is 5.11 Å². The third-order valence-corrected chi connectivity index (χ3v) is 4.73. The van der Waals surface area contributed by atoms with Crippen molar-refractivity contribution in [2.75, 3.05) is 5.32 Å². The van der Waals surface area contributed by atoms with Crippen molar-refractivity contribution in [3.8, 4) is 5.75 Å². The van der Waals surface area contributed by atoms with Gasteiger partial charge in [0, 0.05) is 16.9 Å². The Labute approximate surface area is 128 Å². The van der Waals surface area contributed by atoms with Crippen molar-refractivity contribution in [1.29, 1.82) is 0 Å². The summed E-state index contributed by atoms with van der Waals surface area (Å²) in [4.78, 5) is 12.1. The van der Waals surface area contributed by atoms with Gasteiger partial charge >= 0.3 is 0 Å². The molecular formula is C17H20N4O. The fourth-order valence-electron chi connectivity index (χ4n) is 3.42. The van der Waals surface area contributed by atoms with Crippen molar-refractivity contribution in [2.24, 2.45) is 5.92 Å². The first-order valence-electron chi connectivity index (χ1n) is 7.92. The van der Waals surface area contributed by atoms with Gasteiger partial charge in [-0.15, -0.1) is 0 Å². The number of aromatic amines is 1. The van der Waals surface area contributed by atoms with Gasteiger partial charge < -0.3 is 15.4 Å². The van der Waals surface area contributed by atoms with Crippen LogP contribution in [0.15, 0.2) is 24.5 Å². The molecule has 1 fully saturated rings. The number of nitrogens with zero attached hydrogens (tertiary/aromatic N) is 2. The van der Waals surface area contributed by atoms with E-state index in [0.29, 0.717) is 6.04 Å². The molecule has 2 aromatic heterocycles. The van der Waals surface area contributed by atoms with Gasteiger partial charge in [0.25, 0.3) is 0 Å². The summed E-state index contributed by atoms with van der Waals surface area (Å²) in [7, 11) is 0. The summed E-state index contributed by atoms with van der Waals surface area (Å²) >= 11 is 0. The van der Waals surface area contributed by atoms with Gasteiger partial charge in [-0.2, -0.15) is 0 Å². The van der Waals surface area contributed by atoms with Crippen molar-refractivity contribution in [3.05, 3.63) is 24.5 Å². The molecule has 1 aliphatic rings. The number of phenolic OH excluding ortho intramolecular Hbond substituents is 1. The van der Waals surface area contributed by atoms with Gasteiger partial charge in [-0.05, 0) is 49.8 Å². The van der Waals surface area contributed by atoms with E-state index in [4.69, 9.17) is 0 Å². The van der Waals surface area contributed by atoms with Crippen molar-refractivity contribution in [2.45, 2.75) is 38.6 Å². The second-order valence-electron chi connectivity index (χ2n) is 6.40. The minimum absolute atomic E-state index is 0.259. The summed E-state index contributed by atoms with van der Waals surface area (Å²) < 4.78 is 0. The van der Waals surface area contributed by atoms with Gasteiger partial charge in [0.2, 0.25) is 0 Å². The Hall–Kier alpha value is -2.30. The number of hydrogen-bond acceptors (Lipinski definition) is 4. The quantitative estimate of drug-likeness (QED) is 0.672. The molecule has 0 saturated heterocycles. The summed E-state index contributed by atoms with van der Waals surface area (Å²) in [5.74, 6) is 1.95. The zero-order chi connectivity index (χ0) is 15.1. The fraction of sp³-hybridized carbons (Fsp3) is 0.412. The first kappa shape index (κ1) is 13.4. The molecule has 0 bridgehead atoms. The largest absolute Gasteiger partial charge is 0.508 e. The zero-order valence-corrected chi connectivity index (χ0v) is 12.6. The van der Waals surface area contributed by atoms with Crippen LogP contribution in [0, 0.1) is 5.92 Å². The number of anilines is 1. The second-order valence-corrected chi connectivity index (χ2v) is 6.40. The van der Waals surface area contributed by atoms with Gasteiger partial charge in [0.15, 0.2) is 0 Å². The molecule has 22 heavy (non-hydrogen) atoms. The van der Waals surface area contributed by atoms with E-state index in [1.807, 2.05) is 6.07 Å². The molecule has 2 heterocycles. The number of aromatic hydroxyl groups is 1. The molecule has 1 aliphatic carbocycles. The maximum Gasteiger partial charge on any atom is 0.143 e. The topological polar surface area (TPSA) is 73.8 Å². The lowest BCUT2D eigenvalue weighted by atomic mass is 9.87. The number of H-pyrrole nitrogens is 1. The Bertz CT molecular complexity index is 818. The van der Waals surface area contributed by atoms with Gasteiger partial charge in [-0.3, -0.25) is 0 Å². The van der Waals surface area contributed by atoms with E-state index in [0.717, 1.165) is 33.7 Å². The van der Waals surface area contributed by atoms with Crippen LogP contribution in [-0.4, -0.2) is 26.1 Å². The molecule has 0 aliphatic heterocycles. The highest BCUT2D eigenvalue weighted by Crippen LogP contribution is 2.33. The van der Waals surface area contributed by atoms with Crippen LogP contribution in [0.5, 0.6) is 5.75 Å². The summed E-state index contributed by atoms with van der Waals surface area (Å²) in [6, 6.07) is 5.79. The number of phenols is 1. The van der Waals surface area contributed by atoms with Crippen LogP contribution in [0.4, 0.5) is 5.82 Å². The van der Waals surface area contributed by atoms with Crippen molar-refractivity contribution in [1.82, 2.24) is 15.0 Å². The minimum atomic E-state index is 0.259. The Balaban J connectivity index is 1.76. The minimum Gasteiger partial charge on any atom is -0.508 e.